The fourth-order valence-electron chi connectivity index (χ4n) is 1.17. The maximum Gasteiger partial charge on any atom is 0.509 e. The van der Waals surface area contributed by atoms with Gasteiger partial charge in [0.25, 0.3) is 0 Å². The third-order valence-electron chi connectivity index (χ3n) is 2.31. The van der Waals surface area contributed by atoms with Crippen molar-refractivity contribution in [3.8, 4) is 0 Å². The summed E-state index contributed by atoms with van der Waals surface area (Å²) in [4.78, 5) is 22.6. The monoisotopic (exact) mass is 260 g/mol. The van der Waals surface area contributed by atoms with E-state index in [0.29, 0.717) is 13.2 Å². The van der Waals surface area contributed by atoms with Crippen LogP contribution < -0.4 is 0 Å². The first-order valence-electron chi connectivity index (χ1n) is 6.61. The molecule has 0 fully saturated rings. The van der Waals surface area contributed by atoms with Gasteiger partial charge in [0.2, 0.25) is 0 Å². The minimum Gasteiger partial charge on any atom is -0.463 e. The molecule has 0 aromatic heterocycles. The Morgan fingerprint density at radius 2 is 1.56 bits per heavy atom. The van der Waals surface area contributed by atoms with Gasteiger partial charge in [0.1, 0.15) is 0 Å². The van der Waals surface area contributed by atoms with Crippen LogP contribution in [-0.2, 0) is 19.0 Å². The van der Waals surface area contributed by atoms with Gasteiger partial charge in [0, 0.05) is 0 Å². The SMILES string of the molecule is CCCCCOC(=O)OC(C)C(=O)OCCCC. The first kappa shape index (κ1) is 16.7. The minimum atomic E-state index is -0.916. The van der Waals surface area contributed by atoms with E-state index in [2.05, 4.69) is 6.92 Å². The molecule has 106 valence electrons. The number of unbranched alkanes of at least 4 members (excludes halogenated alkanes) is 3. The first-order valence-corrected chi connectivity index (χ1v) is 6.61. The van der Waals surface area contributed by atoms with Gasteiger partial charge >= 0.3 is 12.1 Å². The Hall–Kier alpha value is -1.26. The predicted octanol–water partition coefficient (Wildman–Crippen LogP) is 3.06. The van der Waals surface area contributed by atoms with Crippen molar-refractivity contribution in [2.24, 2.45) is 0 Å². The maximum absolute atomic E-state index is 11.4. The zero-order chi connectivity index (χ0) is 13.8. The van der Waals surface area contributed by atoms with Gasteiger partial charge in [0.05, 0.1) is 13.2 Å². The molecule has 0 aliphatic heterocycles. The second-order valence-electron chi connectivity index (χ2n) is 4.09. The molecular weight excluding hydrogens is 236 g/mol. The van der Waals surface area contributed by atoms with Crippen LogP contribution in [0.5, 0.6) is 0 Å². The molecule has 0 aliphatic rings. The summed E-state index contributed by atoms with van der Waals surface area (Å²) < 4.78 is 14.5. The standard InChI is InChI=1S/C13H24O5/c1-4-6-8-10-17-13(15)18-11(3)12(14)16-9-7-5-2/h11H,4-10H2,1-3H3. The number of carbonyl (C=O) groups excluding carboxylic acids is 2. The van der Waals surface area contributed by atoms with E-state index >= 15 is 0 Å². The minimum absolute atomic E-state index is 0.324. The summed E-state index contributed by atoms with van der Waals surface area (Å²) in [6.07, 6.45) is 2.88. The Labute approximate surface area is 109 Å². The molecule has 0 saturated heterocycles. The Bertz CT molecular complexity index is 240. The lowest BCUT2D eigenvalue weighted by Gasteiger charge is -2.12. The van der Waals surface area contributed by atoms with Crippen molar-refractivity contribution in [3.63, 3.8) is 0 Å². The van der Waals surface area contributed by atoms with Gasteiger partial charge in [-0.3, -0.25) is 0 Å². The molecule has 0 rings (SSSR count). The van der Waals surface area contributed by atoms with Gasteiger partial charge in [-0.15, -0.1) is 0 Å². The van der Waals surface area contributed by atoms with E-state index in [1.54, 1.807) is 0 Å². The quantitative estimate of drug-likeness (QED) is 0.471. The number of ether oxygens (including phenoxy) is 3. The van der Waals surface area contributed by atoms with Crippen molar-refractivity contribution in [1.82, 2.24) is 0 Å². The van der Waals surface area contributed by atoms with E-state index in [9.17, 15) is 9.59 Å². The van der Waals surface area contributed by atoms with Crippen molar-refractivity contribution in [3.05, 3.63) is 0 Å². The first-order chi connectivity index (χ1) is 8.61. The highest BCUT2D eigenvalue weighted by molar-refractivity contribution is 5.76. The third-order valence-corrected chi connectivity index (χ3v) is 2.31. The van der Waals surface area contributed by atoms with Crippen LogP contribution in [0.15, 0.2) is 0 Å². The zero-order valence-electron chi connectivity index (χ0n) is 11.6. The molecule has 0 spiro atoms. The van der Waals surface area contributed by atoms with Crippen LogP contribution in [0, 0.1) is 0 Å². The van der Waals surface area contributed by atoms with E-state index < -0.39 is 18.2 Å². The highest BCUT2D eigenvalue weighted by Crippen LogP contribution is 2.01. The van der Waals surface area contributed by atoms with Crippen molar-refractivity contribution in [2.75, 3.05) is 13.2 Å². The van der Waals surface area contributed by atoms with E-state index in [1.165, 1.54) is 6.92 Å². The second-order valence-corrected chi connectivity index (χ2v) is 4.09. The lowest BCUT2D eigenvalue weighted by molar-refractivity contribution is -0.154. The predicted molar refractivity (Wildman–Crippen MR) is 67.3 cm³/mol. The highest BCUT2D eigenvalue weighted by atomic mass is 16.7. The Kier molecular flexibility index (Phi) is 10.1. The van der Waals surface area contributed by atoms with Gasteiger partial charge in [-0.05, 0) is 19.8 Å². The second kappa shape index (κ2) is 10.9. The van der Waals surface area contributed by atoms with Crippen LogP contribution in [0.25, 0.3) is 0 Å². The summed E-state index contributed by atoms with van der Waals surface area (Å²) in [7, 11) is 0. The van der Waals surface area contributed by atoms with Crippen molar-refractivity contribution < 1.29 is 23.8 Å². The molecule has 18 heavy (non-hydrogen) atoms. The zero-order valence-corrected chi connectivity index (χ0v) is 11.6. The number of esters is 1. The van der Waals surface area contributed by atoms with E-state index in [0.717, 1.165) is 32.1 Å². The van der Waals surface area contributed by atoms with Crippen LogP contribution in [0.4, 0.5) is 4.79 Å². The Morgan fingerprint density at radius 1 is 0.944 bits per heavy atom. The van der Waals surface area contributed by atoms with Crippen LogP contribution >= 0.6 is 0 Å². The summed E-state index contributed by atoms with van der Waals surface area (Å²) >= 11 is 0. The van der Waals surface area contributed by atoms with Gasteiger partial charge < -0.3 is 14.2 Å². The van der Waals surface area contributed by atoms with Crippen LogP contribution in [0.3, 0.4) is 0 Å². The smallest absolute Gasteiger partial charge is 0.463 e. The molecule has 5 nitrogen and oxygen atoms in total. The van der Waals surface area contributed by atoms with E-state index in [4.69, 9.17) is 14.2 Å². The van der Waals surface area contributed by atoms with Gasteiger partial charge in [0.15, 0.2) is 6.10 Å². The van der Waals surface area contributed by atoms with Crippen LogP contribution in [0.1, 0.15) is 52.9 Å². The summed E-state index contributed by atoms with van der Waals surface area (Å²) in [5.74, 6) is -0.533. The normalized spacial score (nSPS) is 11.7. The molecular formula is C13H24O5. The molecule has 0 aromatic rings. The summed E-state index contributed by atoms with van der Waals surface area (Å²) in [6.45, 7) is 6.22. The number of hydrogen-bond donors (Lipinski definition) is 0. The van der Waals surface area contributed by atoms with Crippen LogP contribution in [-0.4, -0.2) is 31.4 Å². The fraction of sp³-hybridized carbons (Fsp3) is 0.846. The van der Waals surface area contributed by atoms with Gasteiger partial charge in [-0.1, -0.05) is 33.1 Å². The molecule has 1 atom stereocenters. The summed E-state index contributed by atoms with van der Waals surface area (Å²) in [5.41, 5.74) is 0. The van der Waals surface area contributed by atoms with Gasteiger partial charge in [-0.25, -0.2) is 9.59 Å². The van der Waals surface area contributed by atoms with Crippen molar-refractivity contribution in [1.29, 1.82) is 0 Å². The molecule has 0 aromatic carbocycles. The molecule has 0 aliphatic carbocycles. The molecule has 0 radical (unpaired) electrons. The molecule has 5 heteroatoms. The number of carbonyl (C=O) groups is 2. The molecule has 0 bridgehead atoms. The van der Waals surface area contributed by atoms with Crippen molar-refractivity contribution >= 4 is 12.1 Å². The number of rotatable bonds is 9. The lowest BCUT2D eigenvalue weighted by Crippen LogP contribution is -2.27. The summed E-state index contributed by atoms with van der Waals surface area (Å²) in [5, 5.41) is 0. The Balaban J connectivity index is 3.68. The maximum atomic E-state index is 11.4. The largest absolute Gasteiger partial charge is 0.509 e. The summed E-state index contributed by atoms with van der Waals surface area (Å²) in [6, 6.07) is 0. The average molecular weight is 260 g/mol. The molecule has 0 N–H and O–H groups in total. The lowest BCUT2D eigenvalue weighted by atomic mass is 10.3. The number of hydrogen-bond acceptors (Lipinski definition) is 5. The average Bonchev–Trinajstić information content (AvgIpc) is 2.34. The Morgan fingerprint density at radius 3 is 2.17 bits per heavy atom. The molecule has 1 unspecified atom stereocenters. The van der Waals surface area contributed by atoms with Crippen molar-refractivity contribution in [2.45, 2.75) is 59.0 Å². The van der Waals surface area contributed by atoms with E-state index in [-0.39, 0.29) is 0 Å². The van der Waals surface area contributed by atoms with E-state index in [1.807, 2.05) is 6.92 Å². The van der Waals surface area contributed by atoms with Gasteiger partial charge in [-0.2, -0.15) is 0 Å². The molecule has 0 heterocycles. The van der Waals surface area contributed by atoms with Crippen LogP contribution in [0.2, 0.25) is 0 Å². The topological polar surface area (TPSA) is 61.8 Å². The molecule has 0 amide bonds. The highest BCUT2D eigenvalue weighted by Gasteiger charge is 2.19. The third kappa shape index (κ3) is 8.84. The molecule has 0 saturated carbocycles. The fourth-order valence-corrected chi connectivity index (χ4v) is 1.17.